The van der Waals surface area contributed by atoms with Crippen LogP contribution in [-0.2, 0) is 12.3 Å². The first-order valence-electron chi connectivity index (χ1n) is 10.8. The zero-order valence-electron chi connectivity index (χ0n) is 18.8. The Morgan fingerprint density at radius 3 is 2.45 bits per heavy atom. The van der Waals surface area contributed by atoms with Crippen molar-refractivity contribution in [3.8, 4) is 0 Å². The Balaban J connectivity index is 1.41. The summed E-state index contributed by atoms with van der Waals surface area (Å²) in [4.78, 5) is 22.8. The molecule has 2 aromatic heterocycles. The van der Waals surface area contributed by atoms with Crippen LogP contribution in [0, 0.1) is 5.82 Å². The third-order valence-corrected chi connectivity index (χ3v) is 6.34. The van der Waals surface area contributed by atoms with Crippen LogP contribution in [0.25, 0.3) is 5.65 Å². The van der Waals surface area contributed by atoms with E-state index in [1.54, 1.807) is 23.9 Å². The normalized spacial score (nSPS) is 11.3. The maximum Gasteiger partial charge on any atom is 0.254 e. The molecule has 0 unspecified atom stereocenters. The Hall–Kier alpha value is -3.16. The number of aromatic nitrogens is 2. The number of hydrogen-bond donors (Lipinski definition) is 0. The van der Waals surface area contributed by atoms with E-state index in [1.165, 1.54) is 12.1 Å². The van der Waals surface area contributed by atoms with E-state index >= 15 is 0 Å². The highest BCUT2D eigenvalue weighted by Crippen LogP contribution is 2.23. The molecular weight excluding hydrogens is 435 g/mol. The molecule has 0 N–H and O–H groups in total. The molecule has 0 bridgehead atoms. The number of imidazole rings is 1. The average molecular weight is 463 g/mol. The molecule has 0 aliphatic carbocycles. The van der Waals surface area contributed by atoms with Crippen LogP contribution < -0.4 is 0 Å². The van der Waals surface area contributed by atoms with Gasteiger partial charge in [-0.1, -0.05) is 18.2 Å². The first-order chi connectivity index (χ1) is 16.0. The molecular formula is C26H27FN4OS. The van der Waals surface area contributed by atoms with Crippen LogP contribution in [-0.4, -0.2) is 52.3 Å². The van der Waals surface area contributed by atoms with Crippen molar-refractivity contribution >= 4 is 23.3 Å². The summed E-state index contributed by atoms with van der Waals surface area (Å²) < 4.78 is 15.3. The summed E-state index contributed by atoms with van der Waals surface area (Å²) in [5, 5.41) is 0. The van der Waals surface area contributed by atoms with Crippen LogP contribution in [0.15, 0.2) is 84.0 Å². The number of thioether (sulfide) groups is 1. The largest absolute Gasteiger partial charge is 0.333 e. The Kier molecular flexibility index (Phi) is 7.42. The fourth-order valence-corrected chi connectivity index (χ4v) is 4.26. The molecule has 0 radical (unpaired) electrons. The molecule has 0 spiro atoms. The minimum absolute atomic E-state index is 0.0296. The van der Waals surface area contributed by atoms with Gasteiger partial charge in [0.2, 0.25) is 0 Å². The molecule has 4 aromatic rings. The van der Waals surface area contributed by atoms with E-state index in [4.69, 9.17) is 0 Å². The zero-order valence-corrected chi connectivity index (χ0v) is 19.6. The van der Waals surface area contributed by atoms with E-state index in [2.05, 4.69) is 4.98 Å². The number of halogens is 1. The van der Waals surface area contributed by atoms with Crippen molar-refractivity contribution in [1.29, 1.82) is 0 Å². The van der Waals surface area contributed by atoms with Crippen LogP contribution in [0.3, 0.4) is 0 Å². The Bertz CT molecular complexity index is 1170. The van der Waals surface area contributed by atoms with Crippen molar-refractivity contribution in [1.82, 2.24) is 19.2 Å². The molecule has 2 aromatic carbocycles. The van der Waals surface area contributed by atoms with Gasteiger partial charge in [0.15, 0.2) is 0 Å². The zero-order chi connectivity index (χ0) is 23.2. The molecule has 0 saturated carbocycles. The van der Waals surface area contributed by atoms with Crippen LogP contribution >= 0.6 is 11.8 Å². The third-order valence-electron chi connectivity index (χ3n) is 5.29. The quantitative estimate of drug-likeness (QED) is 0.329. The van der Waals surface area contributed by atoms with E-state index in [1.807, 2.05) is 83.2 Å². The molecule has 4 rings (SSSR count). The number of fused-ring (bicyclic) bond motifs is 1. The molecule has 170 valence electrons. The first-order valence-corrected chi connectivity index (χ1v) is 11.8. The number of hydrogen-bond acceptors (Lipinski definition) is 4. The van der Waals surface area contributed by atoms with E-state index in [9.17, 15) is 9.18 Å². The summed E-state index contributed by atoms with van der Waals surface area (Å²) in [6.07, 6.45) is 4.03. The summed E-state index contributed by atoms with van der Waals surface area (Å²) in [5.41, 5.74) is 3.50. The number of nitrogens with zero attached hydrogens (tertiary/aromatic N) is 4. The average Bonchev–Trinajstić information content (AvgIpc) is 3.24. The molecule has 0 aliphatic rings. The van der Waals surface area contributed by atoms with Crippen LogP contribution in [0.2, 0.25) is 0 Å². The highest BCUT2D eigenvalue weighted by atomic mass is 32.2. The van der Waals surface area contributed by atoms with Gasteiger partial charge >= 0.3 is 0 Å². The number of carbonyl (C=O) groups excluding carboxylic acids is 1. The van der Waals surface area contributed by atoms with Gasteiger partial charge in [0, 0.05) is 48.2 Å². The minimum atomic E-state index is -0.276. The van der Waals surface area contributed by atoms with Crippen molar-refractivity contribution in [3.05, 3.63) is 102 Å². The number of carbonyl (C=O) groups is 1. The number of benzene rings is 2. The number of likely N-dealkylation sites (N-methyl/N-ethyl adjacent to an activating group) is 1. The van der Waals surface area contributed by atoms with Gasteiger partial charge in [-0.05, 0) is 68.2 Å². The Morgan fingerprint density at radius 1 is 1.00 bits per heavy atom. The van der Waals surface area contributed by atoms with E-state index < -0.39 is 0 Å². The Morgan fingerprint density at radius 2 is 1.76 bits per heavy atom. The minimum Gasteiger partial charge on any atom is -0.333 e. The van der Waals surface area contributed by atoms with Crippen LogP contribution in [0.5, 0.6) is 0 Å². The van der Waals surface area contributed by atoms with Gasteiger partial charge in [0.05, 0.1) is 5.69 Å². The number of pyridine rings is 1. The second kappa shape index (κ2) is 10.6. The fourth-order valence-electron chi connectivity index (χ4n) is 3.47. The van der Waals surface area contributed by atoms with Gasteiger partial charge in [-0.3, -0.25) is 4.79 Å². The molecule has 0 saturated heterocycles. The monoisotopic (exact) mass is 462 g/mol. The summed E-state index contributed by atoms with van der Waals surface area (Å²) in [6.45, 7) is 1.78. The summed E-state index contributed by atoms with van der Waals surface area (Å²) in [6, 6.07) is 20.0. The maximum absolute atomic E-state index is 13.3. The molecule has 0 fully saturated rings. The predicted octanol–water partition coefficient (Wildman–Crippen LogP) is 4.97. The van der Waals surface area contributed by atoms with Gasteiger partial charge in [-0.15, -0.1) is 11.8 Å². The van der Waals surface area contributed by atoms with Crippen LogP contribution in [0.1, 0.15) is 21.6 Å². The number of amides is 1. The second-order valence-corrected chi connectivity index (χ2v) is 9.22. The third kappa shape index (κ3) is 6.21. The summed E-state index contributed by atoms with van der Waals surface area (Å²) >= 11 is 1.69. The highest BCUT2D eigenvalue weighted by Gasteiger charge is 2.17. The lowest BCUT2D eigenvalue weighted by Crippen LogP contribution is -2.36. The van der Waals surface area contributed by atoms with Crippen molar-refractivity contribution in [2.45, 2.75) is 17.2 Å². The molecule has 33 heavy (non-hydrogen) atoms. The fraction of sp³-hybridized carbons (Fsp3) is 0.231. The maximum atomic E-state index is 13.3. The van der Waals surface area contributed by atoms with Gasteiger partial charge < -0.3 is 14.2 Å². The van der Waals surface area contributed by atoms with Gasteiger partial charge in [-0.25, -0.2) is 9.37 Å². The first kappa shape index (κ1) is 23.0. The van der Waals surface area contributed by atoms with Crippen molar-refractivity contribution in [2.24, 2.45) is 0 Å². The highest BCUT2D eigenvalue weighted by molar-refractivity contribution is 7.98. The van der Waals surface area contributed by atoms with Crippen molar-refractivity contribution < 1.29 is 9.18 Å². The molecule has 7 heteroatoms. The molecule has 0 atom stereocenters. The predicted molar refractivity (Wildman–Crippen MR) is 131 cm³/mol. The topological polar surface area (TPSA) is 40.9 Å². The lowest BCUT2D eigenvalue weighted by Gasteiger charge is -2.25. The lowest BCUT2D eigenvalue weighted by molar-refractivity contribution is 0.0732. The van der Waals surface area contributed by atoms with Gasteiger partial charge in [-0.2, -0.15) is 0 Å². The molecule has 0 aliphatic heterocycles. The van der Waals surface area contributed by atoms with Gasteiger partial charge in [0.25, 0.3) is 5.91 Å². The molecule has 5 nitrogen and oxygen atoms in total. The standard InChI is InChI=1S/C26H27FN4OS/c1-29(2)15-16-31(17-20-6-10-22(27)11-7-20)26(32)21-8-12-24(13-9-21)33-19-23-18-30-14-4-3-5-25(30)28-23/h3-14,18H,15-17,19H2,1-2H3. The lowest BCUT2D eigenvalue weighted by atomic mass is 10.1. The molecule has 1 amide bonds. The summed E-state index contributed by atoms with van der Waals surface area (Å²) in [5.74, 6) is 0.453. The van der Waals surface area contributed by atoms with Crippen molar-refractivity contribution in [2.75, 3.05) is 27.2 Å². The van der Waals surface area contributed by atoms with Gasteiger partial charge in [0.1, 0.15) is 11.5 Å². The smallest absolute Gasteiger partial charge is 0.254 e. The Labute approximate surface area is 197 Å². The van der Waals surface area contributed by atoms with Crippen LogP contribution in [0.4, 0.5) is 4.39 Å². The number of rotatable bonds is 9. The second-order valence-electron chi connectivity index (χ2n) is 8.17. The van der Waals surface area contributed by atoms with E-state index in [0.717, 1.165) is 34.1 Å². The van der Waals surface area contributed by atoms with E-state index in [-0.39, 0.29) is 11.7 Å². The van der Waals surface area contributed by atoms with Crippen molar-refractivity contribution in [3.63, 3.8) is 0 Å². The van der Waals surface area contributed by atoms with E-state index in [0.29, 0.717) is 18.7 Å². The SMILES string of the molecule is CN(C)CCN(Cc1ccc(F)cc1)C(=O)c1ccc(SCc2cn3ccccc3n2)cc1. The molecule has 2 heterocycles. The summed E-state index contributed by atoms with van der Waals surface area (Å²) in [7, 11) is 3.96.